The van der Waals surface area contributed by atoms with Gasteiger partial charge in [-0.2, -0.15) is 0 Å². The maximum atomic E-state index is 12.8. The summed E-state index contributed by atoms with van der Waals surface area (Å²) in [6.07, 6.45) is -0.983. The Morgan fingerprint density at radius 2 is 2.23 bits per heavy atom. The zero-order valence-electron chi connectivity index (χ0n) is 6.18. The predicted molar refractivity (Wildman–Crippen MR) is 49.3 cm³/mol. The molecule has 0 bridgehead atoms. The minimum absolute atomic E-state index is 0.0823. The smallest absolute Gasteiger partial charge is 0.409 e. The van der Waals surface area contributed by atoms with Crippen LogP contribution in [-0.4, -0.2) is 6.09 Å². The molecule has 6 heteroatoms. The van der Waals surface area contributed by atoms with Crippen molar-refractivity contribution in [2.75, 3.05) is 0 Å². The molecular formula is C7H4BrClFNO2. The van der Waals surface area contributed by atoms with E-state index in [1.54, 1.807) is 0 Å². The van der Waals surface area contributed by atoms with Crippen molar-refractivity contribution in [3.63, 3.8) is 0 Å². The lowest BCUT2D eigenvalue weighted by Crippen LogP contribution is -2.16. The van der Waals surface area contributed by atoms with Crippen molar-refractivity contribution in [3.05, 3.63) is 27.4 Å². The van der Waals surface area contributed by atoms with Gasteiger partial charge < -0.3 is 10.5 Å². The average Bonchev–Trinajstić information content (AvgIpc) is 1.99. The average molecular weight is 268 g/mol. The van der Waals surface area contributed by atoms with Gasteiger partial charge in [-0.15, -0.1) is 0 Å². The van der Waals surface area contributed by atoms with Gasteiger partial charge in [0.25, 0.3) is 0 Å². The van der Waals surface area contributed by atoms with Crippen LogP contribution >= 0.6 is 27.5 Å². The monoisotopic (exact) mass is 267 g/mol. The van der Waals surface area contributed by atoms with E-state index in [2.05, 4.69) is 20.7 Å². The first-order chi connectivity index (χ1) is 6.00. The molecule has 0 radical (unpaired) electrons. The summed E-state index contributed by atoms with van der Waals surface area (Å²) in [5.74, 6) is -0.524. The van der Waals surface area contributed by atoms with Crippen LogP contribution in [0.15, 0.2) is 16.6 Å². The molecular weight excluding hydrogens is 264 g/mol. The molecule has 0 aliphatic rings. The third-order valence-corrected chi connectivity index (χ3v) is 2.09. The van der Waals surface area contributed by atoms with E-state index in [1.165, 1.54) is 0 Å². The van der Waals surface area contributed by atoms with Crippen molar-refractivity contribution < 1.29 is 13.9 Å². The second-order valence-corrected chi connectivity index (χ2v) is 3.38. The molecule has 0 aliphatic heterocycles. The van der Waals surface area contributed by atoms with Gasteiger partial charge in [-0.05, 0) is 22.0 Å². The van der Waals surface area contributed by atoms with Crippen molar-refractivity contribution in [1.82, 2.24) is 0 Å². The van der Waals surface area contributed by atoms with E-state index in [4.69, 9.17) is 17.3 Å². The summed E-state index contributed by atoms with van der Waals surface area (Å²) in [6.45, 7) is 0. The molecule has 0 atom stereocenters. The molecule has 1 amide bonds. The lowest BCUT2D eigenvalue weighted by Gasteiger charge is -2.04. The molecule has 2 N–H and O–H groups in total. The molecule has 70 valence electrons. The number of rotatable bonds is 1. The van der Waals surface area contributed by atoms with Gasteiger partial charge in [0.1, 0.15) is 11.6 Å². The van der Waals surface area contributed by atoms with E-state index in [1.807, 2.05) is 0 Å². The van der Waals surface area contributed by atoms with Crippen molar-refractivity contribution in [2.24, 2.45) is 5.73 Å². The number of carbonyl (C=O) groups is 1. The summed E-state index contributed by atoms with van der Waals surface area (Å²) in [4.78, 5) is 10.4. The quantitative estimate of drug-likeness (QED) is 0.796. The molecule has 0 heterocycles. The first-order valence-electron chi connectivity index (χ1n) is 3.12. The van der Waals surface area contributed by atoms with Crippen LogP contribution < -0.4 is 10.5 Å². The number of ether oxygens (including phenoxy) is 1. The predicted octanol–water partition coefficient (Wildman–Crippen LogP) is 2.70. The lowest BCUT2D eigenvalue weighted by atomic mass is 10.3. The van der Waals surface area contributed by atoms with Crippen molar-refractivity contribution in [3.8, 4) is 5.75 Å². The second kappa shape index (κ2) is 3.93. The van der Waals surface area contributed by atoms with Crippen molar-refractivity contribution in [1.29, 1.82) is 0 Å². The fourth-order valence-electron chi connectivity index (χ4n) is 0.691. The number of benzene rings is 1. The SMILES string of the molecule is NC(=O)Oc1cc(Cl)c(F)cc1Br. The van der Waals surface area contributed by atoms with E-state index >= 15 is 0 Å². The highest BCUT2D eigenvalue weighted by Crippen LogP contribution is 2.30. The summed E-state index contributed by atoms with van der Waals surface area (Å²) < 4.78 is 17.6. The maximum Gasteiger partial charge on any atom is 0.410 e. The van der Waals surface area contributed by atoms with E-state index in [-0.39, 0.29) is 15.2 Å². The number of primary amides is 1. The number of hydrogen-bond donors (Lipinski definition) is 1. The maximum absolute atomic E-state index is 12.8. The molecule has 0 aliphatic carbocycles. The number of carbonyl (C=O) groups excluding carboxylic acids is 1. The fraction of sp³-hybridized carbons (Fsp3) is 0. The van der Waals surface area contributed by atoms with Crippen LogP contribution in [0.3, 0.4) is 0 Å². The molecule has 0 saturated carbocycles. The van der Waals surface area contributed by atoms with E-state index in [0.29, 0.717) is 0 Å². The molecule has 0 saturated heterocycles. The molecule has 0 aromatic heterocycles. The van der Waals surface area contributed by atoms with Crippen LogP contribution in [0.1, 0.15) is 0 Å². The second-order valence-electron chi connectivity index (χ2n) is 2.12. The molecule has 3 nitrogen and oxygen atoms in total. The Kier molecular flexibility index (Phi) is 3.11. The number of amides is 1. The van der Waals surface area contributed by atoms with Gasteiger partial charge in [-0.1, -0.05) is 11.6 Å². The summed E-state index contributed by atoms with van der Waals surface area (Å²) in [7, 11) is 0. The van der Waals surface area contributed by atoms with Gasteiger partial charge in [-0.3, -0.25) is 0 Å². The first-order valence-corrected chi connectivity index (χ1v) is 4.29. The molecule has 1 aromatic rings. The van der Waals surface area contributed by atoms with Crippen molar-refractivity contribution in [2.45, 2.75) is 0 Å². The molecule has 13 heavy (non-hydrogen) atoms. The Balaban J connectivity index is 3.08. The Hall–Kier alpha value is -0.810. The van der Waals surface area contributed by atoms with E-state index < -0.39 is 11.9 Å². The lowest BCUT2D eigenvalue weighted by molar-refractivity contribution is 0.210. The van der Waals surface area contributed by atoms with Crippen LogP contribution in [0.25, 0.3) is 0 Å². The number of hydrogen-bond acceptors (Lipinski definition) is 2. The first kappa shape index (κ1) is 10.3. The van der Waals surface area contributed by atoms with Crippen LogP contribution in [0.5, 0.6) is 5.75 Å². The highest BCUT2D eigenvalue weighted by Gasteiger charge is 2.09. The zero-order chi connectivity index (χ0) is 10.0. The van der Waals surface area contributed by atoms with Crippen LogP contribution in [0, 0.1) is 5.82 Å². The standard InChI is InChI=1S/C7H4BrClFNO2/c8-3-1-5(10)4(9)2-6(3)13-7(11)12/h1-2H,(H2,11,12). The van der Waals surface area contributed by atoms with Crippen LogP contribution in [0.2, 0.25) is 5.02 Å². The van der Waals surface area contributed by atoms with Gasteiger partial charge in [0.2, 0.25) is 0 Å². The third-order valence-electron chi connectivity index (χ3n) is 1.19. The van der Waals surface area contributed by atoms with E-state index in [9.17, 15) is 9.18 Å². The van der Waals surface area contributed by atoms with Gasteiger partial charge in [0, 0.05) is 6.07 Å². The Morgan fingerprint density at radius 3 is 2.77 bits per heavy atom. The minimum atomic E-state index is -0.983. The van der Waals surface area contributed by atoms with Gasteiger partial charge in [0.05, 0.1) is 9.50 Å². The molecule has 1 rings (SSSR count). The Bertz CT molecular complexity index is 359. The van der Waals surface area contributed by atoms with E-state index in [0.717, 1.165) is 12.1 Å². The van der Waals surface area contributed by atoms with Gasteiger partial charge in [0.15, 0.2) is 0 Å². The third kappa shape index (κ3) is 2.57. The van der Waals surface area contributed by atoms with Crippen molar-refractivity contribution >= 4 is 33.6 Å². The summed E-state index contributed by atoms with van der Waals surface area (Å²) in [6, 6.07) is 2.24. The molecule has 1 aromatic carbocycles. The Labute approximate surface area is 86.7 Å². The summed E-state index contributed by atoms with van der Waals surface area (Å²) in [5.41, 5.74) is 4.76. The molecule has 0 unspecified atom stereocenters. The highest BCUT2D eigenvalue weighted by atomic mass is 79.9. The fourth-order valence-corrected chi connectivity index (χ4v) is 1.24. The van der Waals surface area contributed by atoms with Crippen LogP contribution in [0.4, 0.5) is 9.18 Å². The Morgan fingerprint density at radius 1 is 1.62 bits per heavy atom. The normalized spacial score (nSPS) is 9.77. The number of nitrogens with two attached hydrogens (primary N) is 1. The van der Waals surface area contributed by atoms with Gasteiger partial charge in [-0.25, -0.2) is 9.18 Å². The molecule has 0 spiro atoms. The summed E-state index contributed by atoms with van der Waals surface area (Å²) in [5, 5.41) is -0.139. The highest BCUT2D eigenvalue weighted by molar-refractivity contribution is 9.10. The topological polar surface area (TPSA) is 52.3 Å². The largest absolute Gasteiger partial charge is 0.410 e. The summed E-state index contributed by atoms with van der Waals surface area (Å²) >= 11 is 8.42. The number of halogens is 3. The zero-order valence-corrected chi connectivity index (χ0v) is 8.52. The van der Waals surface area contributed by atoms with Gasteiger partial charge >= 0.3 is 6.09 Å². The minimum Gasteiger partial charge on any atom is -0.409 e. The van der Waals surface area contributed by atoms with Crippen LogP contribution in [-0.2, 0) is 0 Å². The molecule has 0 fully saturated rings.